The largest absolute Gasteiger partial charge is 0.379 e. The first-order chi connectivity index (χ1) is 13.2. The molecule has 162 valence electrons. The Morgan fingerprint density at radius 3 is 1.85 bits per heavy atom. The predicted molar refractivity (Wildman–Crippen MR) is 119 cm³/mol. The molecule has 4 heteroatoms. The van der Waals surface area contributed by atoms with E-state index in [0.29, 0.717) is 5.41 Å². The lowest BCUT2D eigenvalue weighted by Crippen LogP contribution is -2.67. The Morgan fingerprint density at radius 1 is 0.815 bits per heavy atom. The number of likely N-dealkylation sites (tertiary alicyclic amines) is 2. The summed E-state index contributed by atoms with van der Waals surface area (Å²) >= 11 is 0. The van der Waals surface area contributed by atoms with E-state index in [9.17, 15) is 0 Å². The van der Waals surface area contributed by atoms with E-state index in [0.717, 1.165) is 25.2 Å². The maximum atomic E-state index is 5.47. The third-order valence-electron chi connectivity index (χ3n) is 6.37. The second-order valence-corrected chi connectivity index (χ2v) is 8.13. The van der Waals surface area contributed by atoms with E-state index in [1.54, 1.807) is 0 Å². The Morgan fingerprint density at radius 2 is 1.33 bits per heavy atom. The molecule has 0 radical (unpaired) electrons. The van der Waals surface area contributed by atoms with Gasteiger partial charge in [-0.1, -0.05) is 41.5 Å². The summed E-state index contributed by atoms with van der Waals surface area (Å²) in [4.78, 5) is 7.90. The highest BCUT2D eigenvalue weighted by molar-refractivity contribution is 5.07. The quantitative estimate of drug-likeness (QED) is 0.727. The Bertz CT molecular complexity index is 349. The molecule has 0 N–H and O–H groups in total. The van der Waals surface area contributed by atoms with Gasteiger partial charge < -0.3 is 14.5 Å². The first-order valence-electron chi connectivity index (χ1n) is 12.0. The van der Waals surface area contributed by atoms with Gasteiger partial charge in [0, 0.05) is 38.8 Å². The summed E-state index contributed by atoms with van der Waals surface area (Å²) in [5.41, 5.74) is 0.717. The van der Waals surface area contributed by atoms with Crippen molar-refractivity contribution in [1.29, 1.82) is 0 Å². The zero-order valence-electron chi connectivity index (χ0n) is 19.6. The van der Waals surface area contributed by atoms with Crippen LogP contribution in [-0.2, 0) is 4.74 Å². The molecule has 0 aromatic rings. The smallest absolute Gasteiger partial charge is 0.0594 e. The van der Waals surface area contributed by atoms with Gasteiger partial charge in [0.2, 0.25) is 0 Å². The Balaban J connectivity index is 0.000000556. The second kappa shape index (κ2) is 13.1. The summed E-state index contributed by atoms with van der Waals surface area (Å²) in [6.45, 7) is 23.0. The van der Waals surface area contributed by atoms with Gasteiger partial charge in [-0.3, -0.25) is 4.90 Å². The summed E-state index contributed by atoms with van der Waals surface area (Å²) < 4.78 is 5.47. The number of hydrogen-bond donors (Lipinski definition) is 0. The topological polar surface area (TPSA) is 19.0 Å². The van der Waals surface area contributed by atoms with Gasteiger partial charge in [0.15, 0.2) is 0 Å². The zero-order valence-corrected chi connectivity index (χ0v) is 19.6. The monoisotopic (exact) mass is 383 g/mol. The molecule has 3 heterocycles. The van der Waals surface area contributed by atoms with Crippen LogP contribution in [0.1, 0.15) is 67.2 Å². The summed E-state index contributed by atoms with van der Waals surface area (Å²) in [6, 6.07) is 0.874. The van der Waals surface area contributed by atoms with Crippen LogP contribution in [0.5, 0.6) is 0 Å². The van der Waals surface area contributed by atoms with E-state index in [1.807, 2.05) is 41.5 Å². The molecular formula is C23H49N3O. The average Bonchev–Trinajstić information content (AvgIpc) is 2.69. The van der Waals surface area contributed by atoms with E-state index in [-0.39, 0.29) is 0 Å². The Hall–Kier alpha value is -0.160. The number of hydrogen-bond acceptors (Lipinski definition) is 4. The summed E-state index contributed by atoms with van der Waals surface area (Å²) in [6.07, 6.45) is 5.74. The van der Waals surface area contributed by atoms with E-state index < -0.39 is 0 Å². The van der Waals surface area contributed by atoms with Gasteiger partial charge in [-0.2, -0.15) is 0 Å². The standard InChI is InChI=1S/C17H31N3O.3C2H6/c1-18-4-2-15(3-5-18)12-19-13-17(14-19)10-16(11-17)20-6-8-21-9-7-20;3*1-2/h15-16H,2-14H2,1H3;3*1-2H3. The Labute approximate surface area is 170 Å². The summed E-state index contributed by atoms with van der Waals surface area (Å²) in [7, 11) is 2.26. The molecule has 0 bridgehead atoms. The minimum atomic E-state index is 0.717. The van der Waals surface area contributed by atoms with Crippen molar-refractivity contribution in [2.24, 2.45) is 11.3 Å². The minimum Gasteiger partial charge on any atom is -0.379 e. The molecule has 4 aliphatic rings. The summed E-state index contributed by atoms with van der Waals surface area (Å²) in [5.74, 6) is 0.966. The van der Waals surface area contributed by atoms with Gasteiger partial charge in [0.05, 0.1) is 13.2 Å². The van der Waals surface area contributed by atoms with Crippen molar-refractivity contribution < 1.29 is 4.74 Å². The molecule has 4 nitrogen and oxygen atoms in total. The van der Waals surface area contributed by atoms with Crippen LogP contribution >= 0.6 is 0 Å². The molecule has 3 aliphatic heterocycles. The van der Waals surface area contributed by atoms with Crippen LogP contribution in [0.2, 0.25) is 0 Å². The van der Waals surface area contributed by atoms with Crippen molar-refractivity contribution in [3.63, 3.8) is 0 Å². The van der Waals surface area contributed by atoms with Gasteiger partial charge in [-0.15, -0.1) is 0 Å². The first kappa shape index (κ1) is 24.9. The number of ether oxygens (including phenoxy) is 1. The first-order valence-corrected chi connectivity index (χ1v) is 12.0. The molecule has 27 heavy (non-hydrogen) atoms. The predicted octanol–water partition coefficient (Wildman–Crippen LogP) is 4.20. The van der Waals surface area contributed by atoms with Gasteiger partial charge in [0.1, 0.15) is 0 Å². The molecular weight excluding hydrogens is 334 g/mol. The maximum Gasteiger partial charge on any atom is 0.0594 e. The van der Waals surface area contributed by atoms with Crippen molar-refractivity contribution in [2.45, 2.75) is 73.3 Å². The van der Waals surface area contributed by atoms with Crippen molar-refractivity contribution in [3.8, 4) is 0 Å². The highest BCUT2D eigenvalue weighted by Gasteiger charge is 2.53. The zero-order chi connectivity index (χ0) is 20.3. The van der Waals surface area contributed by atoms with E-state index >= 15 is 0 Å². The molecule has 0 aromatic heterocycles. The summed E-state index contributed by atoms with van der Waals surface area (Å²) in [5, 5.41) is 0. The number of nitrogens with zero attached hydrogens (tertiary/aromatic N) is 3. The normalized spacial score (nSPS) is 26.3. The van der Waals surface area contributed by atoms with E-state index in [2.05, 4.69) is 21.7 Å². The van der Waals surface area contributed by atoms with Crippen LogP contribution in [-0.4, -0.2) is 86.8 Å². The van der Waals surface area contributed by atoms with Crippen LogP contribution in [0.15, 0.2) is 0 Å². The third-order valence-corrected chi connectivity index (χ3v) is 6.37. The van der Waals surface area contributed by atoms with Crippen molar-refractivity contribution >= 4 is 0 Å². The molecule has 0 atom stereocenters. The number of piperidine rings is 1. The molecule has 4 fully saturated rings. The van der Waals surface area contributed by atoms with Gasteiger partial charge in [-0.25, -0.2) is 0 Å². The van der Waals surface area contributed by atoms with Crippen LogP contribution in [0.4, 0.5) is 0 Å². The van der Waals surface area contributed by atoms with Crippen molar-refractivity contribution in [1.82, 2.24) is 14.7 Å². The molecule has 0 amide bonds. The lowest BCUT2D eigenvalue weighted by Gasteiger charge is -2.62. The minimum absolute atomic E-state index is 0.717. The van der Waals surface area contributed by atoms with E-state index in [1.165, 1.54) is 71.5 Å². The number of rotatable bonds is 3. The van der Waals surface area contributed by atoms with Crippen LogP contribution in [0.25, 0.3) is 0 Å². The lowest BCUT2D eigenvalue weighted by atomic mass is 9.60. The average molecular weight is 384 g/mol. The Kier molecular flexibility index (Phi) is 12.1. The fourth-order valence-corrected chi connectivity index (χ4v) is 5.04. The van der Waals surface area contributed by atoms with Crippen LogP contribution < -0.4 is 0 Å². The van der Waals surface area contributed by atoms with Crippen molar-refractivity contribution in [2.75, 3.05) is 66.1 Å². The van der Waals surface area contributed by atoms with Crippen LogP contribution in [0.3, 0.4) is 0 Å². The maximum absolute atomic E-state index is 5.47. The fourth-order valence-electron chi connectivity index (χ4n) is 5.04. The van der Waals surface area contributed by atoms with E-state index in [4.69, 9.17) is 4.74 Å². The van der Waals surface area contributed by atoms with Gasteiger partial charge in [-0.05, 0) is 57.2 Å². The molecule has 1 aliphatic carbocycles. The second-order valence-electron chi connectivity index (χ2n) is 8.13. The highest BCUT2D eigenvalue weighted by Crippen LogP contribution is 2.50. The highest BCUT2D eigenvalue weighted by atomic mass is 16.5. The third kappa shape index (κ3) is 6.99. The molecule has 1 spiro atoms. The molecule has 0 aromatic carbocycles. The lowest BCUT2D eigenvalue weighted by molar-refractivity contribution is -0.127. The van der Waals surface area contributed by atoms with Crippen LogP contribution in [0, 0.1) is 11.3 Å². The molecule has 0 unspecified atom stereocenters. The fraction of sp³-hybridized carbons (Fsp3) is 1.00. The molecule has 4 rings (SSSR count). The molecule has 3 saturated heterocycles. The van der Waals surface area contributed by atoms with Gasteiger partial charge >= 0.3 is 0 Å². The SMILES string of the molecule is CC.CC.CC.CN1CCC(CN2CC3(CC(N4CCOCC4)C3)C2)CC1. The molecule has 1 saturated carbocycles. The number of morpholine rings is 1. The van der Waals surface area contributed by atoms with Gasteiger partial charge in [0.25, 0.3) is 0 Å². The van der Waals surface area contributed by atoms with Crippen molar-refractivity contribution in [3.05, 3.63) is 0 Å².